The molecule has 1 heterocycles. The molecule has 2 aromatic rings. The molecule has 0 saturated carbocycles. The van der Waals surface area contributed by atoms with E-state index in [9.17, 15) is 14.3 Å². The van der Waals surface area contributed by atoms with Crippen molar-refractivity contribution in [2.45, 2.75) is 52.7 Å². The minimum absolute atomic E-state index is 0.0894. The van der Waals surface area contributed by atoms with E-state index in [1.807, 2.05) is 20.8 Å². The van der Waals surface area contributed by atoms with Crippen molar-refractivity contribution in [3.63, 3.8) is 0 Å². The van der Waals surface area contributed by atoms with Gasteiger partial charge in [0.1, 0.15) is 11.9 Å². The molecule has 0 aliphatic heterocycles. The van der Waals surface area contributed by atoms with Gasteiger partial charge in [0.15, 0.2) is 0 Å². The van der Waals surface area contributed by atoms with Crippen molar-refractivity contribution in [3.05, 3.63) is 46.9 Å². The Bertz CT molecular complexity index is 715. The molecule has 0 amide bonds. The van der Waals surface area contributed by atoms with Gasteiger partial charge in [-0.25, -0.2) is 4.39 Å². The molecule has 2 rings (SSSR count). The van der Waals surface area contributed by atoms with Gasteiger partial charge in [0.25, 0.3) is 0 Å². The second kappa shape index (κ2) is 7.53. The molecule has 1 N–H and O–H groups in total. The van der Waals surface area contributed by atoms with Crippen LogP contribution in [0.2, 0.25) is 0 Å². The van der Waals surface area contributed by atoms with E-state index in [1.165, 1.54) is 12.1 Å². The summed E-state index contributed by atoms with van der Waals surface area (Å²) in [4.78, 5) is 13.6. The fourth-order valence-electron chi connectivity index (χ4n) is 2.54. The highest BCUT2D eigenvalue weighted by Crippen LogP contribution is 2.27. The number of hydrogen-bond donors (Lipinski definition) is 1. The molecule has 24 heavy (non-hydrogen) atoms. The lowest BCUT2D eigenvalue weighted by Gasteiger charge is -2.31. The first-order valence-electron chi connectivity index (χ1n) is 7.89. The van der Waals surface area contributed by atoms with Gasteiger partial charge < -0.3 is 9.52 Å². The van der Waals surface area contributed by atoms with Crippen LogP contribution in [-0.2, 0) is 17.8 Å². The molecule has 0 aliphatic rings. The van der Waals surface area contributed by atoms with Crippen molar-refractivity contribution in [1.29, 1.82) is 0 Å². The zero-order chi connectivity index (χ0) is 17.9. The maximum atomic E-state index is 13.5. The minimum Gasteiger partial charge on any atom is -0.480 e. The molecule has 1 aromatic heterocycles. The first-order chi connectivity index (χ1) is 11.3. The van der Waals surface area contributed by atoms with Crippen LogP contribution in [0, 0.1) is 12.7 Å². The standard InChI is InChI=1S/C17H22FN3O3/c1-5-14-19-20-15(24-14)9-21(10(2)3)16(17(22)23)12-6-7-13(18)11(4)8-12/h6-8,10,16H,5,9H2,1-4H3,(H,22,23)/t16-/m1/s1. The summed E-state index contributed by atoms with van der Waals surface area (Å²) in [6, 6.07) is 3.34. The number of aryl methyl sites for hydroxylation is 2. The Kier molecular flexibility index (Phi) is 5.66. The number of halogens is 1. The average Bonchev–Trinajstić information content (AvgIpc) is 2.97. The van der Waals surface area contributed by atoms with Crippen molar-refractivity contribution >= 4 is 5.97 Å². The number of nitrogens with zero attached hydrogens (tertiary/aromatic N) is 3. The number of rotatable bonds is 7. The van der Waals surface area contributed by atoms with Gasteiger partial charge in [-0.05, 0) is 38.0 Å². The molecule has 0 aliphatic carbocycles. The summed E-state index contributed by atoms with van der Waals surface area (Å²) < 4.78 is 19.0. The average molecular weight is 335 g/mol. The van der Waals surface area contributed by atoms with Crippen molar-refractivity contribution in [2.24, 2.45) is 0 Å². The molecule has 0 saturated heterocycles. The highest BCUT2D eigenvalue weighted by atomic mass is 19.1. The third-order valence-corrected chi connectivity index (χ3v) is 3.86. The lowest BCUT2D eigenvalue weighted by Crippen LogP contribution is -2.38. The Morgan fingerprint density at radius 2 is 2.00 bits per heavy atom. The number of benzene rings is 1. The number of carbonyl (C=O) groups is 1. The van der Waals surface area contributed by atoms with Gasteiger partial charge in [-0.3, -0.25) is 9.69 Å². The number of aliphatic carboxylic acids is 1. The minimum atomic E-state index is -1.01. The normalized spacial score (nSPS) is 12.8. The van der Waals surface area contributed by atoms with Crippen LogP contribution >= 0.6 is 0 Å². The summed E-state index contributed by atoms with van der Waals surface area (Å²) in [5.74, 6) is -0.489. The molecular weight excluding hydrogens is 313 g/mol. The van der Waals surface area contributed by atoms with E-state index in [4.69, 9.17) is 4.42 Å². The summed E-state index contributed by atoms with van der Waals surface area (Å²) in [5.41, 5.74) is 0.929. The Morgan fingerprint density at radius 3 is 2.50 bits per heavy atom. The van der Waals surface area contributed by atoms with Crippen molar-refractivity contribution in [2.75, 3.05) is 0 Å². The number of carboxylic acids is 1. The lowest BCUT2D eigenvalue weighted by atomic mass is 10.0. The largest absolute Gasteiger partial charge is 0.480 e. The summed E-state index contributed by atoms with van der Waals surface area (Å²) in [6.07, 6.45) is 0.619. The Balaban J connectivity index is 2.36. The van der Waals surface area contributed by atoms with Crippen LogP contribution in [0.1, 0.15) is 49.7 Å². The van der Waals surface area contributed by atoms with Crippen LogP contribution in [0.4, 0.5) is 4.39 Å². The summed E-state index contributed by atoms with van der Waals surface area (Å²) in [5, 5.41) is 17.6. The smallest absolute Gasteiger partial charge is 0.325 e. The number of aromatic nitrogens is 2. The number of carboxylic acid groups (broad SMARTS) is 1. The van der Waals surface area contributed by atoms with Crippen LogP contribution in [0.15, 0.2) is 22.6 Å². The maximum Gasteiger partial charge on any atom is 0.325 e. The van der Waals surface area contributed by atoms with Gasteiger partial charge in [-0.15, -0.1) is 10.2 Å². The lowest BCUT2D eigenvalue weighted by molar-refractivity contribution is -0.145. The van der Waals surface area contributed by atoms with Gasteiger partial charge in [0.05, 0.1) is 6.54 Å². The van der Waals surface area contributed by atoms with Gasteiger partial charge in [0, 0.05) is 12.5 Å². The molecule has 0 radical (unpaired) electrons. The zero-order valence-corrected chi connectivity index (χ0v) is 14.3. The topological polar surface area (TPSA) is 79.5 Å². The van der Waals surface area contributed by atoms with E-state index >= 15 is 0 Å². The van der Waals surface area contributed by atoms with E-state index in [0.717, 1.165) is 0 Å². The molecule has 6 nitrogen and oxygen atoms in total. The molecule has 1 atom stereocenters. The molecule has 0 unspecified atom stereocenters. The van der Waals surface area contributed by atoms with E-state index in [0.29, 0.717) is 29.3 Å². The van der Waals surface area contributed by atoms with Crippen LogP contribution in [0.3, 0.4) is 0 Å². The Hall–Kier alpha value is -2.28. The van der Waals surface area contributed by atoms with Crippen molar-refractivity contribution in [1.82, 2.24) is 15.1 Å². The van der Waals surface area contributed by atoms with Gasteiger partial charge in [-0.1, -0.05) is 19.1 Å². The summed E-state index contributed by atoms with van der Waals surface area (Å²) in [7, 11) is 0. The third kappa shape index (κ3) is 3.97. The third-order valence-electron chi connectivity index (χ3n) is 3.86. The predicted octanol–water partition coefficient (Wildman–Crippen LogP) is 3.12. The molecule has 130 valence electrons. The second-order valence-electron chi connectivity index (χ2n) is 5.96. The second-order valence-corrected chi connectivity index (χ2v) is 5.96. The van der Waals surface area contributed by atoms with E-state index in [1.54, 1.807) is 17.9 Å². The quantitative estimate of drug-likeness (QED) is 0.837. The van der Waals surface area contributed by atoms with Crippen molar-refractivity contribution < 1.29 is 18.7 Å². The van der Waals surface area contributed by atoms with Crippen LogP contribution in [0.25, 0.3) is 0 Å². The molecule has 0 fully saturated rings. The first-order valence-corrected chi connectivity index (χ1v) is 7.89. The molecule has 1 aromatic carbocycles. The predicted molar refractivity (Wildman–Crippen MR) is 85.9 cm³/mol. The molecule has 0 spiro atoms. The van der Waals surface area contributed by atoms with Gasteiger partial charge in [0.2, 0.25) is 11.8 Å². The van der Waals surface area contributed by atoms with E-state index in [2.05, 4.69) is 10.2 Å². The SMILES string of the molecule is CCc1nnc(CN(C(C)C)[C@@H](C(=O)O)c2ccc(F)c(C)c2)o1. The molecule has 7 heteroatoms. The fourth-order valence-corrected chi connectivity index (χ4v) is 2.54. The fraction of sp³-hybridized carbons (Fsp3) is 0.471. The van der Waals surface area contributed by atoms with Crippen molar-refractivity contribution in [3.8, 4) is 0 Å². The van der Waals surface area contributed by atoms with E-state index in [-0.39, 0.29) is 18.4 Å². The van der Waals surface area contributed by atoms with Gasteiger partial charge >= 0.3 is 5.97 Å². The Labute approximate surface area is 140 Å². The highest BCUT2D eigenvalue weighted by molar-refractivity contribution is 5.75. The van der Waals surface area contributed by atoms with Crippen LogP contribution < -0.4 is 0 Å². The monoisotopic (exact) mass is 335 g/mol. The number of hydrogen-bond acceptors (Lipinski definition) is 5. The first kappa shape index (κ1) is 18.1. The maximum absolute atomic E-state index is 13.5. The van der Waals surface area contributed by atoms with Crippen LogP contribution in [0.5, 0.6) is 0 Å². The Morgan fingerprint density at radius 1 is 1.33 bits per heavy atom. The van der Waals surface area contributed by atoms with Crippen LogP contribution in [-0.4, -0.2) is 32.2 Å². The summed E-state index contributed by atoms with van der Waals surface area (Å²) >= 11 is 0. The molecule has 0 bridgehead atoms. The zero-order valence-electron chi connectivity index (χ0n) is 14.3. The van der Waals surface area contributed by atoms with E-state index < -0.39 is 12.0 Å². The van der Waals surface area contributed by atoms with Gasteiger partial charge in [-0.2, -0.15) is 0 Å². The highest BCUT2D eigenvalue weighted by Gasteiger charge is 2.31. The molecular formula is C17H22FN3O3. The summed E-state index contributed by atoms with van der Waals surface area (Å²) in [6.45, 7) is 7.51.